The lowest BCUT2D eigenvalue weighted by atomic mass is 9.73. The van der Waals surface area contributed by atoms with Gasteiger partial charge in [0, 0.05) is 46.9 Å². The van der Waals surface area contributed by atoms with Crippen molar-refractivity contribution in [2.45, 2.75) is 19.3 Å². The molecule has 0 saturated carbocycles. The van der Waals surface area contributed by atoms with E-state index in [1.807, 2.05) is 48.8 Å². The number of hydrogen-bond donors (Lipinski definition) is 0. The fourth-order valence-corrected chi connectivity index (χ4v) is 7.41. The lowest BCUT2D eigenvalue weighted by Crippen LogP contribution is -2.36. The number of pyridine rings is 1. The van der Waals surface area contributed by atoms with Gasteiger partial charge < -0.3 is 4.90 Å². The first-order chi connectivity index (χ1) is 25.6. The minimum absolute atomic E-state index is 0.290. The predicted molar refractivity (Wildman–Crippen MR) is 199 cm³/mol. The topological polar surface area (TPSA) is 110 Å². The van der Waals surface area contributed by atoms with E-state index in [9.17, 15) is 0 Å². The monoisotopic (exact) mass is 675 g/mol. The van der Waals surface area contributed by atoms with Gasteiger partial charge in [0.15, 0.2) is 12.4 Å². The molecule has 0 fully saturated rings. The zero-order valence-corrected chi connectivity index (χ0v) is 28.4. The second-order valence-electron chi connectivity index (χ2n) is 12.8. The van der Waals surface area contributed by atoms with Gasteiger partial charge in [-0.3, -0.25) is 9.97 Å². The Labute approximate surface area is 300 Å². The van der Waals surface area contributed by atoms with E-state index in [4.69, 9.17) is 19.9 Å². The van der Waals surface area contributed by atoms with Crippen molar-refractivity contribution in [3.63, 3.8) is 0 Å². The van der Waals surface area contributed by atoms with Gasteiger partial charge >= 0.3 is 0 Å². The molecule has 0 saturated heterocycles. The van der Waals surface area contributed by atoms with E-state index in [1.165, 1.54) is 11.1 Å². The molecule has 5 aromatic heterocycles. The zero-order chi connectivity index (χ0) is 35.1. The van der Waals surface area contributed by atoms with Crippen molar-refractivity contribution in [2.24, 2.45) is 0 Å². The average molecular weight is 676 g/mol. The highest BCUT2D eigenvalue weighted by Gasteiger charge is 2.43. The first-order valence-electron chi connectivity index (χ1n) is 16.9. The van der Waals surface area contributed by atoms with E-state index >= 15 is 0 Å². The predicted octanol–water partition coefficient (Wildman–Crippen LogP) is 7.90. The molecular weight excluding hydrogens is 645 g/mol. The van der Waals surface area contributed by atoms with Crippen LogP contribution in [0.25, 0.3) is 50.7 Å². The Balaban J connectivity index is 1.60. The lowest BCUT2D eigenvalue weighted by molar-refractivity contribution is -0.594. The molecule has 8 aromatic rings. The van der Waals surface area contributed by atoms with Crippen LogP contribution in [-0.4, -0.2) is 39.9 Å². The second-order valence-corrected chi connectivity index (χ2v) is 12.8. The number of hydrogen-bond acceptors (Lipinski definition) is 9. The van der Waals surface area contributed by atoms with E-state index in [2.05, 4.69) is 91.8 Å². The summed E-state index contributed by atoms with van der Waals surface area (Å²) in [5.74, 6) is 0. The van der Waals surface area contributed by atoms with E-state index in [0.717, 1.165) is 50.7 Å². The second kappa shape index (κ2) is 12.7. The Morgan fingerprint density at radius 2 is 0.962 bits per heavy atom. The molecule has 9 rings (SSSR count). The summed E-state index contributed by atoms with van der Waals surface area (Å²) in [6, 6.07) is 29.0. The minimum atomic E-state index is -0.290. The summed E-state index contributed by atoms with van der Waals surface area (Å²) in [5, 5.41) is 0. The highest BCUT2D eigenvalue weighted by Crippen LogP contribution is 2.58. The van der Waals surface area contributed by atoms with Gasteiger partial charge in [-0.05, 0) is 53.6 Å². The number of aromatic nitrogens is 9. The summed E-state index contributed by atoms with van der Waals surface area (Å²) < 4.78 is 2.10. The smallest absolute Gasteiger partial charge is 0.245 e. The molecule has 1 aliphatic heterocycles. The van der Waals surface area contributed by atoms with Gasteiger partial charge in [-0.15, -0.1) is 0 Å². The molecule has 0 bridgehead atoms. The molecule has 10 nitrogen and oxygen atoms in total. The highest BCUT2D eigenvalue weighted by molar-refractivity contribution is 6.11. The Bertz CT molecular complexity index is 2380. The zero-order valence-electron chi connectivity index (χ0n) is 28.4. The van der Waals surface area contributed by atoms with Crippen LogP contribution in [0.4, 0.5) is 17.1 Å². The normalized spacial score (nSPS) is 12.9. The fourth-order valence-electron chi connectivity index (χ4n) is 7.41. The van der Waals surface area contributed by atoms with Gasteiger partial charge in [-0.1, -0.05) is 56.3 Å². The molecule has 6 heterocycles. The summed E-state index contributed by atoms with van der Waals surface area (Å²) in [5.41, 5.74) is 12.1. The van der Waals surface area contributed by atoms with Crippen LogP contribution < -0.4 is 9.47 Å². The molecule has 3 aromatic carbocycles. The third kappa shape index (κ3) is 4.99. The molecule has 0 aliphatic carbocycles. The first kappa shape index (κ1) is 30.9. The van der Waals surface area contributed by atoms with Crippen LogP contribution in [0, 0.1) is 0 Å². The van der Waals surface area contributed by atoms with Crippen LogP contribution >= 0.6 is 0 Å². The van der Waals surface area contributed by atoms with Crippen LogP contribution in [0.3, 0.4) is 0 Å². The molecule has 0 atom stereocenters. The van der Waals surface area contributed by atoms with Gasteiger partial charge in [0.2, 0.25) is 5.69 Å². The maximum atomic E-state index is 4.97. The summed E-state index contributed by atoms with van der Waals surface area (Å²) in [6.45, 7) is 4.57. The molecule has 1 aliphatic rings. The maximum absolute atomic E-state index is 4.97. The van der Waals surface area contributed by atoms with Crippen LogP contribution in [0.5, 0.6) is 0 Å². The number of nitrogens with zero attached hydrogens (tertiary/aromatic N) is 10. The van der Waals surface area contributed by atoms with Crippen molar-refractivity contribution in [1.29, 1.82) is 0 Å². The molecule has 248 valence electrons. The third-order valence-corrected chi connectivity index (χ3v) is 9.63. The van der Waals surface area contributed by atoms with Crippen molar-refractivity contribution < 1.29 is 4.57 Å². The van der Waals surface area contributed by atoms with Gasteiger partial charge in [-0.25, -0.2) is 29.9 Å². The Morgan fingerprint density at radius 1 is 0.462 bits per heavy atom. The summed E-state index contributed by atoms with van der Waals surface area (Å²) in [6.07, 6.45) is 19.4. The van der Waals surface area contributed by atoms with Crippen LogP contribution in [0.15, 0.2) is 153 Å². The van der Waals surface area contributed by atoms with Crippen molar-refractivity contribution in [3.05, 3.63) is 165 Å². The molecule has 0 spiro atoms. The van der Waals surface area contributed by atoms with Crippen LogP contribution in [0.1, 0.15) is 25.0 Å². The van der Waals surface area contributed by atoms with Crippen LogP contribution in [-0.2, 0) is 5.41 Å². The van der Waals surface area contributed by atoms with E-state index in [1.54, 1.807) is 56.2 Å². The molecule has 0 unspecified atom stereocenters. The van der Waals surface area contributed by atoms with E-state index in [0.29, 0.717) is 17.1 Å². The maximum Gasteiger partial charge on any atom is 0.245 e. The Kier molecular flexibility index (Phi) is 7.54. The van der Waals surface area contributed by atoms with Crippen molar-refractivity contribution in [1.82, 2.24) is 39.9 Å². The number of fused-ring (bicyclic) bond motifs is 2. The molecule has 0 radical (unpaired) electrons. The van der Waals surface area contributed by atoms with Gasteiger partial charge in [0.25, 0.3) is 0 Å². The Hall–Kier alpha value is -7.07. The SMILES string of the molecule is CC1(C)c2ccccc2N(c2c(-c3ccncn3)c(-c3ccncn3)c(-c3ccccn3)c(-c3ccncn3)c2-[n+]2ccncc2)c2ccccc21. The minimum Gasteiger partial charge on any atom is -0.303 e. The average Bonchev–Trinajstić information content (AvgIpc) is 3.22. The van der Waals surface area contributed by atoms with Crippen molar-refractivity contribution in [2.75, 3.05) is 4.90 Å². The molecule has 10 heteroatoms. The highest BCUT2D eigenvalue weighted by atomic mass is 15.2. The number of benzene rings is 3. The number of rotatable bonds is 6. The van der Waals surface area contributed by atoms with Gasteiger partial charge in [-0.2, -0.15) is 4.57 Å². The number of anilines is 3. The molecule has 0 N–H and O–H groups in total. The van der Waals surface area contributed by atoms with E-state index < -0.39 is 0 Å². The fraction of sp³-hybridized carbons (Fsp3) is 0.0714. The molecule has 52 heavy (non-hydrogen) atoms. The number of para-hydroxylation sites is 2. The summed E-state index contributed by atoms with van der Waals surface area (Å²) in [4.78, 5) is 39.5. The molecular formula is C42H31N10+. The van der Waals surface area contributed by atoms with Crippen LogP contribution in [0.2, 0.25) is 0 Å². The van der Waals surface area contributed by atoms with Crippen molar-refractivity contribution in [3.8, 4) is 50.7 Å². The summed E-state index contributed by atoms with van der Waals surface area (Å²) in [7, 11) is 0. The quantitative estimate of drug-likeness (QED) is 0.162. The lowest BCUT2D eigenvalue weighted by Gasteiger charge is -2.42. The molecule has 0 amide bonds. The Morgan fingerprint density at radius 3 is 1.50 bits per heavy atom. The first-order valence-corrected chi connectivity index (χ1v) is 16.9. The van der Waals surface area contributed by atoms with Gasteiger partial charge in [0.05, 0.1) is 52.1 Å². The van der Waals surface area contributed by atoms with E-state index in [-0.39, 0.29) is 5.41 Å². The van der Waals surface area contributed by atoms with Crippen molar-refractivity contribution >= 4 is 17.1 Å². The summed E-state index contributed by atoms with van der Waals surface area (Å²) >= 11 is 0. The largest absolute Gasteiger partial charge is 0.303 e. The van der Waals surface area contributed by atoms with Gasteiger partial charge in [0.1, 0.15) is 24.7 Å². The third-order valence-electron chi connectivity index (χ3n) is 9.63. The standard InChI is InChI=1S/C42H31N10/c1-42(2)28-9-3-5-12-34(28)52(35-13-6-4-10-29(35)42)41-39(33-16-20-46-27-50-33)37(31-14-18-44-25-48-31)36(30-11-7-8-17-47-30)38(32-15-19-45-26-49-32)40(41)51-23-21-43-22-24-51/h3-27H,1-2H3/q+1.